The summed E-state index contributed by atoms with van der Waals surface area (Å²) < 4.78 is 11.1. The molecule has 2 atom stereocenters. The Kier molecular flexibility index (Phi) is 2.96. The first-order valence-corrected chi connectivity index (χ1v) is 4.96. The van der Waals surface area contributed by atoms with Crippen molar-refractivity contribution in [2.45, 2.75) is 31.2 Å². The minimum atomic E-state index is -0.106. The first-order chi connectivity index (χ1) is 6.85. The van der Waals surface area contributed by atoms with E-state index in [1.165, 1.54) is 0 Å². The van der Waals surface area contributed by atoms with Gasteiger partial charge in [-0.1, -0.05) is 0 Å². The van der Waals surface area contributed by atoms with E-state index in [9.17, 15) is 0 Å². The van der Waals surface area contributed by atoms with Gasteiger partial charge in [-0.25, -0.2) is 0 Å². The van der Waals surface area contributed by atoms with Crippen molar-refractivity contribution in [3.63, 3.8) is 0 Å². The van der Waals surface area contributed by atoms with Gasteiger partial charge in [-0.15, -0.1) is 0 Å². The number of aliphatic imine (C=N–C) groups is 1. The number of methoxy groups -OCH3 is 1. The molecule has 14 heavy (non-hydrogen) atoms. The van der Waals surface area contributed by atoms with Crippen LogP contribution in [0, 0.1) is 0 Å². The lowest BCUT2D eigenvalue weighted by Crippen LogP contribution is -2.42. The zero-order chi connectivity index (χ0) is 9.97. The van der Waals surface area contributed by atoms with Crippen molar-refractivity contribution in [1.82, 2.24) is 0 Å². The zero-order valence-electron chi connectivity index (χ0n) is 8.35. The van der Waals surface area contributed by atoms with Crippen molar-refractivity contribution in [3.8, 4) is 0 Å². The summed E-state index contributed by atoms with van der Waals surface area (Å²) in [4.78, 5) is 4.18. The molecular formula is C10H16N2O2. The van der Waals surface area contributed by atoms with Crippen LogP contribution < -0.4 is 5.73 Å². The van der Waals surface area contributed by atoms with E-state index in [2.05, 4.69) is 4.99 Å². The first-order valence-electron chi connectivity index (χ1n) is 4.96. The van der Waals surface area contributed by atoms with Crippen molar-refractivity contribution in [3.05, 3.63) is 12.3 Å². The maximum Gasteiger partial charge on any atom is 0.126 e. The molecule has 0 bridgehead atoms. The van der Waals surface area contributed by atoms with E-state index >= 15 is 0 Å². The van der Waals surface area contributed by atoms with Crippen LogP contribution in [-0.2, 0) is 9.47 Å². The topological polar surface area (TPSA) is 56.8 Å². The first kappa shape index (κ1) is 9.83. The van der Waals surface area contributed by atoms with E-state index in [0.717, 1.165) is 18.6 Å². The SMILES string of the molecule is COC1C(CN)=NC=CC1OC1CC1. The molecule has 0 aromatic carbocycles. The molecule has 2 rings (SSSR count). The summed E-state index contributed by atoms with van der Waals surface area (Å²) in [7, 11) is 1.66. The van der Waals surface area contributed by atoms with Crippen LogP contribution in [0.2, 0.25) is 0 Å². The molecule has 0 aromatic heterocycles. The molecule has 2 unspecified atom stereocenters. The second kappa shape index (κ2) is 4.21. The molecule has 4 nitrogen and oxygen atoms in total. The van der Waals surface area contributed by atoms with Gasteiger partial charge in [-0.2, -0.15) is 0 Å². The summed E-state index contributed by atoms with van der Waals surface area (Å²) in [6.45, 7) is 0.424. The Morgan fingerprint density at radius 1 is 1.57 bits per heavy atom. The fraction of sp³-hybridized carbons (Fsp3) is 0.700. The van der Waals surface area contributed by atoms with Crippen LogP contribution in [-0.4, -0.2) is 37.7 Å². The van der Waals surface area contributed by atoms with E-state index in [-0.39, 0.29) is 12.2 Å². The average molecular weight is 196 g/mol. The summed E-state index contributed by atoms with van der Waals surface area (Å²) in [5.41, 5.74) is 6.44. The lowest BCUT2D eigenvalue weighted by Gasteiger charge is -2.26. The van der Waals surface area contributed by atoms with Crippen molar-refractivity contribution in [1.29, 1.82) is 0 Å². The van der Waals surface area contributed by atoms with E-state index in [0.29, 0.717) is 12.6 Å². The Labute approximate surface area is 83.8 Å². The maximum absolute atomic E-state index is 5.79. The third-order valence-electron chi connectivity index (χ3n) is 2.48. The molecule has 0 radical (unpaired) electrons. The Morgan fingerprint density at radius 2 is 2.36 bits per heavy atom. The van der Waals surface area contributed by atoms with Crippen LogP contribution in [0.15, 0.2) is 17.3 Å². The highest BCUT2D eigenvalue weighted by atomic mass is 16.5. The summed E-state index contributed by atoms with van der Waals surface area (Å²) >= 11 is 0. The smallest absolute Gasteiger partial charge is 0.126 e. The molecule has 1 heterocycles. The minimum absolute atomic E-state index is 0.0106. The number of hydrogen-bond donors (Lipinski definition) is 1. The average Bonchev–Trinajstić information content (AvgIpc) is 3.01. The van der Waals surface area contributed by atoms with Crippen LogP contribution in [0.5, 0.6) is 0 Å². The van der Waals surface area contributed by atoms with E-state index in [1.807, 2.05) is 6.08 Å². The van der Waals surface area contributed by atoms with Gasteiger partial charge in [0, 0.05) is 19.9 Å². The Hall–Kier alpha value is -0.710. The number of ether oxygens (including phenoxy) is 2. The van der Waals surface area contributed by atoms with Crippen molar-refractivity contribution in [2.75, 3.05) is 13.7 Å². The van der Waals surface area contributed by atoms with Gasteiger partial charge >= 0.3 is 0 Å². The van der Waals surface area contributed by atoms with Gasteiger partial charge in [-0.05, 0) is 18.9 Å². The molecule has 2 aliphatic rings. The number of nitrogens with two attached hydrogens (primary N) is 1. The largest absolute Gasteiger partial charge is 0.372 e. The third-order valence-corrected chi connectivity index (χ3v) is 2.48. The van der Waals surface area contributed by atoms with E-state index in [1.54, 1.807) is 13.3 Å². The van der Waals surface area contributed by atoms with Gasteiger partial charge in [0.25, 0.3) is 0 Å². The maximum atomic E-state index is 5.79. The van der Waals surface area contributed by atoms with Gasteiger partial charge in [0.1, 0.15) is 12.2 Å². The van der Waals surface area contributed by atoms with Gasteiger partial charge in [0.2, 0.25) is 0 Å². The van der Waals surface area contributed by atoms with Crippen LogP contribution in [0.3, 0.4) is 0 Å². The lowest BCUT2D eigenvalue weighted by atomic mass is 10.1. The normalized spacial score (nSPS) is 31.7. The fourth-order valence-corrected chi connectivity index (χ4v) is 1.57. The quantitative estimate of drug-likeness (QED) is 0.711. The van der Waals surface area contributed by atoms with Crippen molar-refractivity contribution < 1.29 is 9.47 Å². The molecule has 1 saturated carbocycles. The van der Waals surface area contributed by atoms with Gasteiger partial charge in [0.15, 0.2) is 0 Å². The highest BCUT2D eigenvalue weighted by Crippen LogP contribution is 2.27. The molecule has 0 spiro atoms. The Balaban J connectivity index is 2.01. The predicted octanol–water partition coefficient (Wildman–Crippen LogP) is 0.476. The Bertz CT molecular complexity index is 259. The molecule has 2 N–H and O–H groups in total. The molecule has 1 fully saturated rings. The number of nitrogens with zero attached hydrogens (tertiary/aromatic N) is 1. The van der Waals surface area contributed by atoms with Crippen molar-refractivity contribution in [2.24, 2.45) is 10.7 Å². The predicted molar refractivity (Wildman–Crippen MR) is 54.3 cm³/mol. The number of hydrogen-bond acceptors (Lipinski definition) is 4. The summed E-state index contributed by atoms with van der Waals surface area (Å²) in [6, 6.07) is 0. The third kappa shape index (κ3) is 2.03. The molecule has 0 amide bonds. The van der Waals surface area contributed by atoms with Crippen LogP contribution in [0.4, 0.5) is 0 Å². The lowest BCUT2D eigenvalue weighted by molar-refractivity contribution is -0.0110. The van der Waals surface area contributed by atoms with Gasteiger partial charge < -0.3 is 15.2 Å². The zero-order valence-corrected chi connectivity index (χ0v) is 8.35. The summed E-state index contributed by atoms with van der Waals surface area (Å²) in [5, 5.41) is 0. The second-order valence-corrected chi connectivity index (χ2v) is 3.62. The van der Waals surface area contributed by atoms with E-state index in [4.69, 9.17) is 15.2 Å². The molecule has 1 aliphatic carbocycles. The highest BCUT2D eigenvalue weighted by Gasteiger charge is 2.32. The highest BCUT2D eigenvalue weighted by molar-refractivity contribution is 5.92. The standard InChI is InChI=1S/C10H16N2O2/c1-13-10-8(6-11)12-5-4-9(10)14-7-2-3-7/h4-5,7,9-10H,2-3,6,11H2,1H3. The minimum Gasteiger partial charge on any atom is -0.372 e. The molecule has 78 valence electrons. The monoisotopic (exact) mass is 196 g/mol. The summed E-state index contributed by atoms with van der Waals surface area (Å²) in [5.74, 6) is 0. The van der Waals surface area contributed by atoms with Gasteiger partial charge in [-0.3, -0.25) is 4.99 Å². The van der Waals surface area contributed by atoms with Crippen molar-refractivity contribution >= 4 is 5.71 Å². The second-order valence-electron chi connectivity index (χ2n) is 3.62. The fourth-order valence-electron chi connectivity index (χ4n) is 1.57. The van der Waals surface area contributed by atoms with E-state index < -0.39 is 0 Å². The molecular weight excluding hydrogens is 180 g/mol. The molecule has 0 aromatic rings. The van der Waals surface area contributed by atoms with Crippen LogP contribution >= 0.6 is 0 Å². The molecule has 1 aliphatic heterocycles. The Morgan fingerprint density at radius 3 is 2.93 bits per heavy atom. The summed E-state index contributed by atoms with van der Waals surface area (Å²) in [6.07, 6.45) is 6.32. The van der Waals surface area contributed by atoms with Crippen LogP contribution in [0.1, 0.15) is 12.8 Å². The van der Waals surface area contributed by atoms with Gasteiger partial charge in [0.05, 0.1) is 11.8 Å². The van der Waals surface area contributed by atoms with Crippen LogP contribution in [0.25, 0.3) is 0 Å². The molecule has 4 heteroatoms. The number of rotatable bonds is 4. The molecule has 0 saturated heterocycles.